The van der Waals surface area contributed by atoms with E-state index in [-0.39, 0.29) is 18.1 Å². The third-order valence-corrected chi connectivity index (χ3v) is 5.07. The monoisotopic (exact) mass is 380 g/mol. The van der Waals surface area contributed by atoms with E-state index in [1.165, 1.54) is 0 Å². The lowest BCUT2D eigenvalue weighted by Crippen LogP contribution is -2.49. The maximum Gasteiger partial charge on any atom is 0.258 e. The van der Waals surface area contributed by atoms with Gasteiger partial charge in [-0.3, -0.25) is 4.79 Å². The molecule has 0 aliphatic carbocycles. The van der Waals surface area contributed by atoms with Crippen molar-refractivity contribution in [1.29, 1.82) is 0 Å². The van der Waals surface area contributed by atoms with E-state index in [1.54, 1.807) is 12.4 Å². The van der Waals surface area contributed by atoms with Crippen LogP contribution in [-0.2, 0) is 0 Å². The summed E-state index contributed by atoms with van der Waals surface area (Å²) in [5, 5.41) is 0. The van der Waals surface area contributed by atoms with Gasteiger partial charge in [0.05, 0.1) is 18.7 Å². The van der Waals surface area contributed by atoms with Crippen LogP contribution in [0.3, 0.4) is 0 Å². The van der Waals surface area contributed by atoms with Crippen LogP contribution < -0.4 is 9.47 Å². The van der Waals surface area contributed by atoms with Crippen molar-refractivity contribution in [3.05, 3.63) is 54.6 Å². The van der Waals surface area contributed by atoms with Gasteiger partial charge in [0, 0.05) is 30.8 Å². The highest BCUT2D eigenvalue weighted by Crippen LogP contribution is 2.27. The van der Waals surface area contributed by atoms with Gasteiger partial charge in [-0.1, -0.05) is 12.1 Å². The second-order valence-electron chi connectivity index (χ2n) is 6.94. The zero-order valence-electron chi connectivity index (χ0n) is 16.1. The molecule has 0 unspecified atom stereocenters. The van der Waals surface area contributed by atoms with Crippen LogP contribution >= 0.6 is 0 Å². The minimum Gasteiger partial charge on any atom is -0.493 e. The second-order valence-corrected chi connectivity index (χ2v) is 6.94. The molecular formula is C21H24N4O3. The second kappa shape index (κ2) is 7.88. The van der Waals surface area contributed by atoms with Gasteiger partial charge in [-0.2, -0.15) is 0 Å². The lowest BCUT2D eigenvalue weighted by Gasteiger charge is -2.38. The van der Waals surface area contributed by atoms with Crippen LogP contribution in [0.4, 0.5) is 0 Å². The molecule has 2 aromatic heterocycles. The summed E-state index contributed by atoms with van der Waals surface area (Å²) in [5.41, 5.74) is 1.27. The largest absolute Gasteiger partial charge is 0.493 e. The molecule has 1 aliphatic rings. The Morgan fingerprint density at radius 3 is 2.79 bits per heavy atom. The summed E-state index contributed by atoms with van der Waals surface area (Å²) < 4.78 is 13.7. The molecule has 1 aromatic carbocycles. The van der Waals surface area contributed by atoms with Gasteiger partial charge in [0.15, 0.2) is 5.65 Å². The SMILES string of the molecule is CCOc1ccccc1C(=O)N1C[C@H](Oc2nccn3ccnc23)CC[C@H]1C. The van der Waals surface area contributed by atoms with E-state index in [9.17, 15) is 4.79 Å². The van der Waals surface area contributed by atoms with Gasteiger partial charge in [-0.15, -0.1) is 0 Å². The fraction of sp³-hybridized carbons (Fsp3) is 0.381. The molecule has 1 aliphatic heterocycles. The topological polar surface area (TPSA) is 69.0 Å². The maximum absolute atomic E-state index is 13.2. The molecule has 0 saturated carbocycles. The van der Waals surface area contributed by atoms with E-state index < -0.39 is 0 Å². The molecular weight excluding hydrogens is 356 g/mol. The number of carbonyl (C=O) groups is 1. The summed E-state index contributed by atoms with van der Waals surface area (Å²) in [7, 11) is 0. The van der Waals surface area contributed by atoms with Crippen LogP contribution in [-0.4, -0.2) is 50.5 Å². The van der Waals surface area contributed by atoms with Crippen molar-refractivity contribution in [3.8, 4) is 11.6 Å². The van der Waals surface area contributed by atoms with Crippen LogP contribution in [0.2, 0.25) is 0 Å². The number of imidazole rings is 1. The van der Waals surface area contributed by atoms with Gasteiger partial charge in [0.25, 0.3) is 11.8 Å². The minimum atomic E-state index is -0.130. The van der Waals surface area contributed by atoms with Gasteiger partial charge >= 0.3 is 0 Å². The first-order chi connectivity index (χ1) is 13.7. The summed E-state index contributed by atoms with van der Waals surface area (Å²) in [6.45, 7) is 5.01. The number of ether oxygens (including phenoxy) is 2. The first kappa shape index (κ1) is 18.3. The Kier molecular flexibility index (Phi) is 5.14. The van der Waals surface area contributed by atoms with Gasteiger partial charge in [0.2, 0.25) is 0 Å². The molecule has 0 N–H and O–H groups in total. The zero-order valence-corrected chi connectivity index (χ0v) is 16.1. The highest BCUT2D eigenvalue weighted by molar-refractivity contribution is 5.97. The van der Waals surface area contributed by atoms with Crippen LogP contribution in [0.5, 0.6) is 11.6 Å². The number of hydrogen-bond donors (Lipinski definition) is 0. The summed E-state index contributed by atoms with van der Waals surface area (Å²) >= 11 is 0. The van der Waals surface area contributed by atoms with Crippen LogP contribution in [0.25, 0.3) is 5.65 Å². The molecule has 2 atom stereocenters. The fourth-order valence-corrected chi connectivity index (χ4v) is 3.60. The smallest absolute Gasteiger partial charge is 0.258 e. The Labute approximate surface area is 163 Å². The first-order valence-corrected chi connectivity index (χ1v) is 9.64. The molecule has 3 aromatic rings. The van der Waals surface area contributed by atoms with Crippen LogP contribution in [0.15, 0.2) is 49.1 Å². The normalized spacial score (nSPS) is 19.6. The summed E-state index contributed by atoms with van der Waals surface area (Å²) in [6.07, 6.45) is 8.69. The maximum atomic E-state index is 13.2. The van der Waals surface area contributed by atoms with Crippen molar-refractivity contribution in [2.45, 2.75) is 38.8 Å². The third-order valence-electron chi connectivity index (χ3n) is 5.07. The first-order valence-electron chi connectivity index (χ1n) is 9.64. The molecule has 1 fully saturated rings. The van der Waals surface area contributed by atoms with Crippen LogP contribution in [0, 0.1) is 0 Å². The van der Waals surface area contributed by atoms with Gasteiger partial charge in [0.1, 0.15) is 11.9 Å². The number of aromatic nitrogens is 3. The minimum absolute atomic E-state index is 0.0307. The number of hydrogen-bond acceptors (Lipinski definition) is 5. The number of fused-ring (bicyclic) bond motifs is 1. The predicted octanol–water partition coefficient (Wildman–Crippen LogP) is 3.20. The Morgan fingerprint density at radius 1 is 1.18 bits per heavy atom. The molecule has 0 radical (unpaired) electrons. The van der Waals surface area contributed by atoms with Crippen LogP contribution in [0.1, 0.15) is 37.0 Å². The molecule has 7 heteroatoms. The summed E-state index contributed by atoms with van der Waals surface area (Å²) in [5.74, 6) is 1.08. The number of benzene rings is 1. The van der Waals surface area contributed by atoms with Gasteiger partial charge < -0.3 is 18.8 Å². The van der Waals surface area contributed by atoms with Gasteiger partial charge in [-0.05, 0) is 38.8 Å². The molecule has 0 bridgehead atoms. The van der Waals surface area contributed by atoms with Crippen molar-refractivity contribution in [1.82, 2.24) is 19.3 Å². The molecule has 7 nitrogen and oxygen atoms in total. The average molecular weight is 380 g/mol. The standard InChI is InChI=1S/C21H24N4O3/c1-3-27-18-7-5-4-6-17(18)21(26)25-14-16(9-8-15(25)2)28-20-19-22-10-12-24(19)13-11-23-20/h4-7,10-13,15-16H,3,8-9,14H2,1-2H3/t15-,16-/m1/s1. The Balaban J connectivity index is 1.54. The highest BCUT2D eigenvalue weighted by atomic mass is 16.5. The fourth-order valence-electron chi connectivity index (χ4n) is 3.60. The van der Waals surface area contributed by atoms with Gasteiger partial charge in [-0.25, -0.2) is 9.97 Å². The molecule has 0 spiro atoms. The Morgan fingerprint density at radius 2 is 1.96 bits per heavy atom. The Hall–Kier alpha value is -3.09. The van der Waals surface area contributed by atoms with E-state index in [4.69, 9.17) is 9.47 Å². The molecule has 1 saturated heterocycles. The number of amides is 1. The predicted molar refractivity (Wildman–Crippen MR) is 105 cm³/mol. The number of nitrogens with zero attached hydrogens (tertiary/aromatic N) is 4. The molecule has 1 amide bonds. The van der Waals surface area contributed by atoms with Crippen molar-refractivity contribution in [2.75, 3.05) is 13.2 Å². The van der Waals surface area contributed by atoms with E-state index in [2.05, 4.69) is 16.9 Å². The summed E-state index contributed by atoms with van der Waals surface area (Å²) in [6, 6.07) is 7.53. The van der Waals surface area contributed by atoms with E-state index >= 15 is 0 Å². The summed E-state index contributed by atoms with van der Waals surface area (Å²) in [4.78, 5) is 23.7. The van der Waals surface area contributed by atoms with Crippen molar-refractivity contribution < 1.29 is 14.3 Å². The molecule has 3 heterocycles. The molecule has 146 valence electrons. The van der Waals surface area contributed by atoms with Crippen molar-refractivity contribution >= 4 is 11.6 Å². The highest BCUT2D eigenvalue weighted by Gasteiger charge is 2.32. The lowest BCUT2D eigenvalue weighted by molar-refractivity contribution is 0.0372. The number of piperidine rings is 1. The number of carbonyl (C=O) groups excluding carboxylic acids is 1. The van der Waals surface area contributed by atoms with Crippen molar-refractivity contribution in [3.63, 3.8) is 0 Å². The quantitative estimate of drug-likeness (QED) is 0.680. The number of rotatable bonds is 5. The number of para-hydroxylation sites is 1. The lowest BCUT2D eigenvalue weighted by atomic mass is 9.99. The zero-order chi connectivity index (χ0) is 19.5. The van der Waals surface area contributed by atoms with E-state index in [0.717, 1.165) is 12.8 Å². The third kappa shape index (κ3) is 3.52. The Bertz CT molecular complexity index is 971. The van der Waals surface area contributed by atoms with Crippen molar-refractivity contribution in [2.24, 2.45) is 0 Å². The van der Waals surface area contributed by atoms with E-state index in [0.29, 0.717) is 36.0 Å². The van der Waals surface area contributed by atoms with E-state index in [1.807, 2.05) is 52.9 Å². The molecule has 4 rings (SSSR count). The molecule has 28 heavy (non-hydrogen) atoms. The average Bonchev–Trinajstić information content (AvgIpc) is 3.19. The number of likely N-dealkylation sites (tertiary alicyclic amines) is 1.